The molecule has 1 aliphatic rings. The topological polar surface area (TPSA) is 122 Å². The van der Waals surface area contributed by atoms with Gasteiger partial charge in [-0.3, -0.25) is 9.59 Å². The largest absolute Gasteiger partial charge is 0.366 e. The lowest BCUT2D eigenvalue weighted by Gasteiger charge is -2.19. The first-order chi connectivity index (χ1) is 14.3. The average molecular weight is 469 g/mol. The van der Waals surface area contributed by atoms with Crippen molar-refractivity contribution in [2.45, 2.75) is 47.8 Å². The Morgan fingerprint density at radius 2 is 1.90 bits per heavy atom. The van der Waals surface area contributed by atoms with Gasteiger partial charge in [-0.05, 0) is 43.3 Å². The number of nitrogens with one attached hydrogen (secondary N) is 1. The van der Waals surface area contributed by atoms with Crippen LogP contribution in [0.1, 0.15) is 43.0 Å². The summed E-state index contributed by atoms with van der Waals surface area (Å²) in [5.41, 5.74) is 5.56. The van der Waals surface area contributed by atoms with Crippen molar-refractivity contribution in [1.82, 2.24) is 9.29 Å². The van der Waals surface area contributed by atoms with Crippen LogP contribution in [-0.4, -0.2) is 47.9 Å². The highest BCUT2D eigenvalue weighted by Gasteiger charge is 2.26. The summed E-state index contributed by atoms with van der Waals surface area (Å²) in [5.74, 6) is -0.900. The molecule has 162 valence electrons. The van der Waals surface area contributed by atoms with Gasteiger partial charge in [-0.15, -0.1) is 11.3 Å². The molecule has 2 aromatic heterocycles. The van der Waals surface area contributed by atoms with Crippen LogP contribution in [0.2, 0.25) is 0 Å². The monoisotopic (exact) mass is 468 g/mol. The highest BCUT2D eigenvalue weighted by atomic mass is 32.2. The highest BCUT2D eigenvalue weighted by molar-refractivity contribution is 8.00. The fraction of sp³-hybridized carbons (Fsp3) is 0.421. The molecule has 3 N–H and O–H groups in total. The van der Waals surface area contributed by atoms with Gasteiger partial charge in [-0.1, -0.05) is 24.6 Å². The number of amides is 2. The van der Waals surface area contributed by atoms with Gasteiger partial charge >= 0.3 is 0 Å². The van der Waals surface area contributed by atoms with E-state index in [0.29, 0.717) is 23.1 Å². The lowest BCUT2D eigenvalue weighted by Crippen LogP contribution is -2.32. The first-order valence-corrected chi connectivity index (χ1v) is 12.8. The first-order valence-electron chi connectivity index (χ1n) is 9.60. The summed E-state index contributed by atoms with van der Waals surface area (Å²) in [6.45, 7) is 2.78. The molecule has 8 nitrogen and oxygen atoms in total. The molecule has 1 atom stereocenters. The minimum atomic E-state index is -3.55. The second-order valence-corrected chi connectivity index (χ2v) is 11.1. The Bertz CT molecular complexity index is 997. The van der Waals surface area contributed by atoms with Crippen molar-refractivity contribution in [3.63, 3.8) is 0 Å². The first kappa shape index (κ1) is 22.7. The van der Waals surface area contributed by atoms with Crippen LogP contribution in [0.3, 0.4) is 0 Å². The van der Waals surface area contributed by atoms with E-state index in [9.17, 15) is 18.0 Å². The third-order valence-electron chi connectivity index (χ3n) is 4.75. The Morgan fingerprint density at radius 3 is 2.50 bits per heavy atom. The Kier molecular flexibility index (Phi) is 7.50. The number of carbonyl (C=O) groups excluding carboxylic acids is 2. The summed E-state index contributed by atoms with van der Waals surface area (Å²) >= 11 is 2.42. The maximum Gasteiger partial charge on any atom is 0.251 e. The third kappa shape index (κ3) is 5.39. The summed E-state index contributed by atoms with van der Waals surface area (Å²) in [4.78, 5) is 28.2. The van der Waals surface area contributed by atoms with Crippen LogP contribution in [0.5, 0.6) is 0 Å². The molecule has 1 fully saturated rings. The van der Waals surface area contributed by atoms with E-state index < -0.39 is 21.2 Å². The second-order valence-electron chi connectivity index (χ2n) is 6.93. The lowest BCUT2D eigenvalue weighted by molar-refractivity contribution is -0.115. The van der Waals surface area contributed by atoms with Crippen LogP contribution < -0.4 is 11.1 Å². The number of carbonyl (C=O) groups is 2. The number of thioether (sulfide) groups is 1. The number of hydrogen-bond acceptors (Lipinski definition) is 7. The van der Waals surface area contributed by atoms with Crippen molar-refractivity contribution in [3.8, 4) is 0 Å². The second kappa shape index (κ2) is 9.90. The van der Waals surface area contributed by atoms with Crippen molar-refractivity contribution in [2.24, 2.45) is 5.73 Å². The highest BCUT2D eigenvalue weighted by Crippen LogP contribution is 2.27. The molecule has 1 saturated heterocycles. The van der Waals surface area contributed by atoms with Gasteiger partial charge in [-0.2, -0.15) is 4.31 Å². The summed E-state index contributed by atoms with van der Waals surface area (Å²) in [6, 6.07) is 4.70. The van der Waals surface area contributed by atoms with Crippen molar-refractivity contribution in [3.05, 3.63) is 35.3 Å². The molecule has 2 aromatic rings. The summed E-state index contributed by atoms with van der Waals surface area (Å²) in [7, 11) is -3.55. The maximum absolute atomic E-state index is 12.8. The van der Waals surface area contributed by atoms with E-state index in [-0.39, 0.29) is 16.4 Å². The number of pyridine rings is 1. The quantitative estimate of drug-likeness (QED) is 0.603. The zero-order chi connectivity index (χ0) is 21.7. The molecule has 0 unspecified atom stereocenters. The summed E-state index contributed by atoms with van der Waals surface area (Å²) in [5, 5.41) is 4.82. The maximum atomic E-state index is 12.8. The normalized spacial score (nSPS) is 16.6. The molecule has 11 heteroatoms. The number of anilines is 1. The van der Waals surface area contributed by atoms with Crippen LogP contribution in [0.25, 0.3) is 0 Å². The predicted molar refractivity (Wildman–Crippen MR) is 118 cm³/mol. The van der Waals surface area contributed by atoms with E-state index in [0.717, 1.165) is 25.7 Å². The number of sulfonamides is 1. The van der Waals surface area contributed by atoms with E-state index >= 15 is 0 Å². The molecule has 2 amide bonds. The molecule has 1 aliphatic heterocycles. The van der Waals surface area contributed by atoms with Gasteiger partial charge in [0.15, 0.2) is 0 Å². The fourth-order valence-electron chi connectivity index (χ4n) is 3.07. The molecule has 0 spiro atoms. The van der Waals surface area contributed by atoms with E-state index in [4.69, 9.17) is 5.73 Å². The lowest BCUT2D eigenvalue weighted by atomic mass is 10.2. The third-order valence-corrected chi connectivity index (χ3v) is 8.51. The molecule has 0 saturated carbocycles. The Hall–Kier alpha value is -1.95. The SMILES string of the molecule is C[C@@H](Sc1ccc(S(=O)(=O)N2CCCCCC2)cn1)C(=O)Nc1sccc1C(N)=O. The van der Waals surface area contributed by atoms with E-state index in [2.05, 4.69) is 10.3 Å². The average Bonchev–Trinajstić information content (AvgIpc) is 2.99. The smallest absolute Gasteiger partial charge is 0.251 e. The van der Waals surface area contributed by atoms with Crippen LogP contribution in [0.4, 0.5) is 5.00 Å². The summed E-state index contributed by atoms with van der Waals surface area (Å²) in [6.07, 6.45) is 5.18. The van der Waals surface area contributed by atoms with Crippen molar-refractivity contribution in [1.29, 1.82) is 0 Å². The molecule has 0 aliphatic carbocycles. The number of nitrogens with zero attached hydrogens (tertiary/aromatic N) is 2. The van der Waals surface area contributed by atoms with E-state index in [1.165, 1.54) is 39.7 Å². The number of aromatic nitrogens is 1. The van der Waals surface area contributed by atoms with E-state index in [1.807, 2.05) is 0 Å². The number of thiophene rings is 1. The van der Waals surface area contributed by atoms with E-state index in [1.54, 1.807) is 24.4 Å². The predicted octanol–water partition coefficient (Wildman–Crippen LogP) is 2.93. The zero-order valence-corrected chi connectivity index (χ0v) is 19.0. The molecule has 0 bridgehead atoms. The Balaban J connectivity index is 1.64. The Labute approximate surface area is 184 Å². The number of primary amides is 1. The van der Waals surface area contributed by atoms with Crippen molar-refractivity contribution >= 4 is 49.9 Å². The van der Waals surface area contributed by atoms with Gasteiger partial charge < -0.3 is 11.1 Å². The molecule has 3 heterocycles. The van der Waals surface area contributed by atoms with Gasteiger partial charge in [-0.25, -0.2) is 13.4 Å². The zero-order valence-electron chi connectivity index (χ0n) is 16.5. The fourth-order valence-corrected chi connectivity index (χ4v) is 6.12. The van der Waals surface area contributed by atoms with Crippen LogP contribution in [-0.2, 0) is 14.8 Å². The number of hydrogen-bond donors (Lipinski definition) is 2. The van der Waals surface area contributed by atoms with Gasteiger partial charge in [0.05, 0.1) is 15.8 Å². The molecule has 0 aromatic carbocycles. The molecular formula is C19H24N4O4S3. The standard InChI is InChI=1S/C19H24N4O4S3/c1-13(18(25)22-19-15(17(20)24)8-11-28-19)29-16-7-6-14(12-21-16)30(26,27)23-9-4-2-3-5-10-23/h6-8,11-13H,2-5,9-10H2,1H3,(H2,20,24)(H,22,25)/t13-/m1/s1. The van der Waals surface area contributed by atoms with Crippen molar-refractivity contribution < 1.29 is 18.0 Å². The number of rotatable bonds is 7. The molecule has 0 radical (unpaired) electrons. The van der Waals surface area contributed by atoms with Crippen LogP contribution >= 0.6 is 23.1 Å². The molecule has 30 heavy (non-hydrogen) atoms. The molecular weight excluding hydrogens is 444 g/mol. The van der Waals surface area contributed by atoms with Crippen LogP contribution in [0.15, 0.2) is 39.7 Å². The van der Waals surface area contributed by atoms with Gasteiger partial charge in [0, 0.05) is 19.3 Å². The minimum Gasteiger partial charge on any atom is -0.366 e. The van der Waals surface area contributed by atoms with Crippen molar-refractivity contribution in [2.75, 3.05) is 18.4 Å². The van der Waals surface area contributed by atoms with Gasteiger partial charge in [0.25, 0.3) is 5.91 Å². The van der Waals surface area contributed by atoms with Crippen LogP contribution in [0, 0.1) is 0 Å². The van der Waals surface area contributed by atoms with Gasteiger partial charge in [0.2, 0.25) is 15.9 Å². The van der Waals surface area contributed by atoms with Gasteiger partial charge in [0.1, 0.15) is 9.90 Å². The molecule has 3 rings (SSSR count). The minimum absolute atomic E-state index is 0.163. The number of nitrogens with two attached hydrogens (primary N) is 1. The Morgan fingerprint density at radius 1 is 1.20 bits per heavy atom. The summed E-state index contributed by atoms with van der Waals surface area (Å²) < 4.78 is 27.2.